The molecule has 1 unspecified atom stereocenters. The highest BCUT2D eigenvalue weighted by molar-refractivity contribution is 5.91. The average molecular weight is 299 g/mol. The van der Waals surface area contributed by atoms with Crippen molar-refractivity contribution in [2.24, 2.45) is 0 Å². The first-order chi connectivity index (χ1) is 10.8. The number of nitrogens with one attached hydrogen (secondary N) is 1. The Morgan fingerprint density at radius 3 is 3.05 bits per heavy atom. The Morgan fingerprint density at radius 1 is 1.32 bits per heavy atom. The van der Waals surface area contributed by atoms with Crippen molar-refractivity contribution in [3.8, 4) is 0 Å². The molecule has 1 aromatic carbocycles. The first kappa shape index (κ1) is 14.9. The fraction of sp³-hybridized carbons (Fsp3) is 0.389. The third-order valence-corrected chi connectivity index (χ3v) is 4.17. The molecule has 1 aliphatic rings. The summed E-state index contributed by atoms with van der Waals surface area (Å²) in [5, 5.41) is 2.99. The number of rotatable bonds is 5. The maximum Gasteiger partial charge on any atom is 0.287 e. The summed E-state index contributed by atoms with van der Waals surface area (Å²) in [6, 6.07) is 12.0. The van der Waals surface area contributed by atoms with Crippen LogP contribution in [0.4, 0.5) is 0 Å². The molecule has 3 rings (SSSR count). The maximum absolute atomic E-state index is 12.2. The van der Waals surface area contributed by atoms with Gasteiger partial charge in [-0.15, -0.1) is 0 Å². The molecule has 0 fully saturated rings. The van der Waals surface area contributed by atoms with Crippen LogP contribution in [0.25, 0.3) is 0 Å². The van der Waals surface area contributed by atoms with Gasteiger partial charge in [0.1, 0.15) is 12.4 Å². The summed E-state index contributed by atoms with van der Waals surface area (Å²) in [7, 11) is 1.60. The molecule has 1 heterocycles. The number of fused-ring (bicyclic) bond motifs is 1. The van der Waals surface area contributed by atoms with E-state index in [0.29, 0.717) is 30.6 Å². The van der Waals surface area contributed by atoms with Crippen molar-refractivity contribution in [2.75, 3.05) is 13.7 Å². The Kier molecular flexibility index (Phi) is 4.59. The SMILES string of the molecule is COCc1ccc(C(=O)NCC2CCCc3ccccc32)o1. The number of methoxy groups -OCH3 is 1. The van der Waals surface area contributed by atoms with E-state index < -0.39 is 0 Å². The molecule has 1 aromatic heterocycles. The van der Waals surface area contributed by atoms with E-state index >= 15 is 0 Å². The third-order valence-electron chi connectivity index (χ3n) is 4.17. The molecule has 4 heteroatoms. The number of benzene rings is 1. The number of carbonyl (C=O) groups excluding carboxylic acids is 1. The Morgan fingerprint density at radius 2 is 2.18 bits per heavy atom. The van der Waals surface area contributed by atoms with E-state index in [1.165, 1.54) is 17.5 Å². The maximum atomic E-state index is 12.2. The van der Waals surface area contributed by atoms with Crippen molar-refractivity contribution in [1.82, 2.24) is 5.32 Å². The van der Waals surface area contributed by atoms with E-state index in [9.17, 15) is 4.79 Å². The van der Waals surface area contributed by atoms with Crippen molar-refractivity contribution in [2.45, 2.75) is 31.8 Å². The lowest BCUT2D eigenvalue weighted by molar-refractivity contribution is 0.0914. The highest BCUT2D eigenvalue weighted by Crippen LogP contribution is 2.30. The number of amides is 1. The lowest BCUT2D eigenvalue weighted by atomic mass is 9.83. The average Bonchev–Trinajstić information content (AvgIpc) is 3.02. The number of aryl methyl sites for hydroxylation is 1. The summed E-state index contributed by atoms with van der Waals surface area (Å²) < 4.78 is 10.4. The molecule has 116 valence electrons. The van der Waals surface area contributed by atoms with Gasteiger partial charge >= 0.3 is 0 Å². The van der Waals surface area contributed by atoms with Crippen LogP contribution in [0.15, 0.2) is 40.8 Å². The van der Waals surface area contributed by atoms with Crippen molar-refractivity contribution in [3.63, 3.8) is 0 Å². The van der Waals surface area contributed by atoms with Gasteiger partial charge in [0, 0.05) is 19.6 Å². The minimum atomic E-state index is -0.162. The predicted octanol–water partition coefficient (Wildman–Crippen LogP) is 3.28. The number of furan rings is 1. The van der Waals surface area contributed by atoms with E-state index in [0.717, 1.165) is 12.8 Å². The van der Waals surface area contributed by atoms with Gasteiger partial charge < -0.3 is 14.5 Å². The minimum Gasteiger partial charge on any atom is -0.453 e. The number of ether oxygens (including phenoxy) is 1. The quantitative estimate of drug-likeness (QED) is 0.922. The molecule has 4 nitrogen and oxygen atoms in total. The van der Waals surface area contributed by atoms with Gasteiger partial charge in [-0.3, -0.25) is 4.79 Å². The van der Waals surface area contributed by atoms with Crippen LogP contribution in [0.1, 0.15) is 46.2 Å². The molecule has 2 aromatic rings. The molecular weight excluding hydrogens is 278 g/mol. The van der Waals surface area contributed by atoms with Gasteiger partial charge in [0.25, 0.3) is 5.91 Å². The van der Waals surface area contributed by atoms with Gasteiger partial charge in [-0.25, -0.2) is 0 Å². The Hall–Kier alpha value is -2.07. The summed E-state index contributed by atoms with van der Waals surface area (Å²) in [6.07, 6.45) is 3.43. The molecule has 0 saturated heterocycles. The molecule has 1 aliphatic carbocycles. The number of hydrogen-bond acceptors (Lipinski definition) is 3. The van der Waals surface area contributed by atoms with Crippen LogP contribution >= 0.6 is 0 Å². The second-order valence-corrected chi connectivity index (χ2v) is 5.70. The number of hydrogen-bond donors (Lipinski definition) is 1. The third kappa shape index (κ3) is 3.22. The first-order valence-electron chi connectivity index (χ1n) is 7.71. The second kappa shape index (κ2) is 6.79. The Labute approximate surface area is 130 Å². The fourth-order valence-electron chi connectivity index (χ4n) is 3.09. The van der Waals surface area contributed by atoms with Crippen LogP contribution in [-0.4, -0.2) is 19.6 Å². The van der Waals surface area contributed by atoms with Crippen molar-refractivity contribution >= 4 is 5.91 Å². The highest BCUT2D eigenvalue weighted by Gasteiger charge is 2.21. The van der Waals surface area contributed by atoms with Gasteiger partial charge in [0.05, 0.1) is 0 Å². The van der Waals surface area contributed by atoms with Crippen molar-refractivity contribution in [3.05, 3.63) is 59.0 Å². The Balaban J connectivity index is 1.61. The summed E-state index contributed by atoms with van der Waals surface area (Å²) in [5.74, 6) is 1.24. The van der Waals surface area contributed by atoms with Crippen LogP contribution in [0.3, 0.4) is 0 Å². The number of carbonyl (C=O) groups is 1. The fourth-order valence-corrected chi connectivity index (χ4v) is 3.09. The van der Waals surface area contributed by atoms with Crippen LogP contribution in [0, 0.1) is 0 Å². The summed E-state index contributed by atoms with van der Waals surface area (Å²) >= 11 is 0. The van der Waals surface area contributed by atoms with Gasteiger partial charge in [0.15, 0.2) is 5.76 Å². The molecule has 0 saturated carbocycles. The zero-order valence-electron chi connectivity index (χ0n) is 12.8. The van der Waals surface area contributed by atoms with Gasteiger partial charge in [-0.05, 0) is 42.5 Å². The van der Waals surface area contributed by atoms with Crippen molar-refractivity contribution in [1.29, 1.82) is 0 Å². The van der Waals surface area contributed by atoms with Crippen LogP contribution in [-0.2, 0) is 17.8 Å². The van der Waals surface area contributed by atoms with Crippen LogP contribution in [0.2, 0.25) is 0 Å². The lowest BCUT2D eigenvalue weighted by Crippen LogP contribution is -2.29. The van der Waals surface area contributed by atoms with E-state index in [2.05, 4.69) is 29.6 Å². The normalized spacial score (nSPS) is 17.0. The molecule has 0 aliphatic heterocycles. The zero-order valence-corrected chi connectivity index (χ0v) is 12.8. The molecule has 0 spiro atoms. The van der Waals surface area contributed by atoms with E-state index in [1.807, 2.05) is 0 Å². The van der Waals surface area contributed by atoms with Crippen LogP contribution in [0.5, 0.6) is 0 Å². The molecule has 1 atom stereocenters. The molecule has 1 amide bonds. The smallest absolute Gasteiger partial charge is 0.287 e. The van der Waals surface area contributed by atoms with E-state index in [1.54, 1.807) is 19.2 Å². The summed E-state index contributed by atoms with van der Waals surface area (Å²) in [5.41, 5.74) is 2.78. The Bertz CT molecular complexity index is 647. The highest BCUT2D eigenvalue weighted by atomic mass is 16.5. The molecule has 0 bridgehead atoms. The second-order valence-electron chi connectivity index (χ2n) is 5.70. The predicted molar refractivity (Wildman–Crippen MR) is 83.9 cm³/mol. The zero-order chi connectivity index (χ0) is 15.4. The van der Waals surface area contributed by atoms with Gasteiger partial charge in [-0.2, -0.15) is 0 Å². The largest absolute Gasteiger partial charge is 0.453 e. The van der Waals surface area contributed by atoms with Gasteiger partial charge in [0.2, 0.25) is 0 Å². The first-order valence-corrected chi connectivity index (χ1v) is 7.71. The van der Waals surface area contributed by atoms with E-state index in [-0.39, 0.29) is 5.91 Å². The van der Waals surface area contributed by atoms with Crippen molar-refractivity contribution < 1.29 is 13.9 Å². The minimum absolute atomic E-state index is 0.162. The topological polar surface area (TPSA) is 51.5 Å². The lowest BCUT2D eigenvalue weighted by Gasteiger charge is -2.25. The van der Waals surface area contributed by atoms with Gasteiger partial charge in [-0.1, -0.05) is 24.3 Å². The summed E-state index contributed by atoms with van der Waals surface area (Å²) in [6.45, 7) is 1.03. The standard InChI is InChI=1S/C18H21NO3/c1-21-12-15-9-10-17(22-15)18(20)19-11-14-7-4-6-13-5-2-3-8-16(13)14/h2-3,5,8-10,14H,4,6-7,11-12H2,1H3,(H,19,20). The summed E-state index contributed by atoms with van der Waals surface area (Å²) in [4.78, 5) is 12.2. The van der Waals surface area contributed by atoms with Crippen LogP contribution < -0.4 is 5.32 Å². The molecule has 0 radical (unpaired) electrons. The molecular formula is C18H21NO3. The molecule has 22 heavy (non-hydrogen) atoms. The molecule has 1 N–H and O–H groups in total. The monoisotopic (exact) mass is 299 g/mol. The van der Waals surface area contributed by atoms with E-state index in [4.69, 9.17) is 9.15 Å².